The fourth-order valence-corrected chi connectivity index (χ4v) is 3.01. The number of benzene rings is 1. The summed E-state index contributed by atoms with van der Waals surface area (Å²) in [6, 6.07) is 6.65. The summed E-state index contributed by atoms with van der Waals surface area (Å²) in [6.07, 6.45) is 3.50. The van der Waals surface area contributed by atoms with Gasteiger partial charge in [-0.25, -0.2) is 9.38 Å². The fourth-order valence-electron chi connectivity index (χ4n) is 3.01. The Morgan fingerprint density at radius 3 is 2.73 bits per heavy atom. The van der Waals surface area contributed by atoms with Gasteiger partial charge in [-0.2, -0.15) is 0 Å². The molecule has 1 fully saturated rings. The predicted octanol–water partition coefficient (Wildman–Crippen LogP) is 3.25. The number of hydrogen-bond donors (Lipinski definition) is 2. The van der Waals surface area contributed by atoms with Crippen molar-refractivity contribution >= 4 is 29.9 Å². The van der Waals surface area contributed by atoms with Gasteiger partial charge in [-0.15, -0.1) is 24.0 Å². The zero-order valence-corrected chi connectivity index (χ0v) is 18.2. The zero-order valence-electron chi connectivity index (χ0n) is 15.8. The van der Waals surface area contributed by atoms with Gasteiger partial charge in [0.05, 0.1) is 6.54 Å². The van der Waals surface area contributed by atoms with E-state index in [0.29, 0.717) is 24.9 Å². The number of ether oxygens (including phenoxy) is 1. The molecule has 1 aliphatic rings. The van der Waals surface area contributed by atoms with Crippen molar-refractivity contribution in [1.82, 2.24) is 15.5 Å². The van der Waals surface area contributed by atoms with Crippen molar-refractivity contribution in [2.45, 2.75) is 39.2 Å². The van der Waals surface area contributed by atoms with Crippen molar-refractivity contribution in [3.63, 3.8) is 0 Å². The van der Waals surface area contributed by atoms with Crippen LogP contribution >= 0.6 is 24.0 Å². The molecule has 1 aromatic rings. The number of aliphatic imine (C=N–C) groups is 1. The van der Waals surface area contributed by atoms with Crippen LogP contribution in [-0.2, 0) is 0 Å². The molecule has 0 aromatic heterocycles. The van der Waals surface area contributed by atoms with Crippen LogP contribution in [0.5, 0.6) is 5.75 Å². The average Bonchev–Trinajstić information content (AvgIpc) is 2.61. The van der Waals surface area contributed by atoms with Gasteiger partial charge in [-0.05, 0) is 44.9 Å². The molecule has 1 saturated heterocycles. The Morgan fingerprint density at radius 2 is 2.08 bits per heavy atom. The maximum absolute atomic E-state index is 13.1. The molecular formula is C19H32FIN4O. The number of nitrogens with zero attached hydrogens (tertiary/aromatic N) is 2. The number of rotatable bonds is 8. The first-order chi connectivity index (χ1) is 12.2. The summed E-state index contributed by atoms with van der Waals surface area (Å²) >= 11 is 0. The second-order valence-corrected chi connectivity index (χ2v) is 6.33. The SMILES string of the molecule is CCCN1CCC(NC(=NCCOc2cccc(F)c2)NCC)CC1.I. The second-order valence-electron chi connectivity index (χ2n) is 6.33. The second kappa shape index (κ2) is 13.1. The summed E-state index contributed by atoms with van der Waals surface area (Å²) in [5.74, 6) is 1.08. The molecule has 148 valence electrons. The van der Waals surface area contributed by atoms with E-state index in [0.717, 1.165) is 38.4 Å². The maximum Gasteiger partial charge on any atom is 0.191 e. The molecule has 0 radical (unpaired) electrons. The minimum absolute atomic E-state index is 0. The standard InChI is InChI=1S/C19H31FN4O.HI/c1-3-11-24-12-8-17(9-13-24)23-19(21-4-2)22-10-14-25-18-7-5-6-16(20)15-18;/h5-7,15,17H,3-4,8-14H2,1-2H3,(H2,21,22,23);1H. The molecule has 0 amide bonds. The molecule has 0 saturated carbocycles. The lowest BCUT2D eigenvalue weighted by atomic mass is 10.1. The Hall–Kier alpha value is -1.09. The van der Waals surface area contributed by atoms with Gasteiger partial charge in [0.25, 0.3) is 0 Å². The highest BCUT2D eigenvalue weighted by atomic mass is 127. The van der Waals surface area contributed by atoms with E-state index in [2.05, 4.69) is 34.4 Å². The van der Waals surface area contributed by atoms with Crippen LogP contribution in [0.1, 0.15) is 33.1 Å². The van der Waals surface area contributed by atoms with E-state index < -0.39 is 0 Å². The van der Waals surface area contributed by atoms with Crippen LogP contribution in [0.2, 0.25) is 0 Å². The molecule has 1 heterocycles. The van der Waals surface area contributed by atoms with Gasteiger partial charge >= 0.3 is 0 Å². The minimum Gasteiger partial charge on any atom is -0.492 e. The summed E-state index contributed by atoms with van der Waals surface area (Å²) in [5, 5.41) is 6.81. The lowest BCUT2D eigenvalue weighted by Crippen LogP contribution is -2.48. The van der Waals surface area contributed by atoms with Gasteiger partial charge in [-0.3, -0.25) is 0 Å². The van der Waals surface area contributed by atoms with Gasteiger partial charge in [0, 0.05) is 31.7 Å². The largest absolute Gasteiger partial charge is 0.492 e. The van der Waals surface area contributed by atoms with Crippen molar-refractivity contribution in [1.29, 1.82) is 0 Å². The van der Waals surface area contributed by atoms with Gasteiger partial charge < -0.3 is 20.3 Å². The molecule has 26 heavy (non-hydrogen) atoms. The summed E-state index contributed by atoms with van der Waals surface area (Å²) in [4.78, 5) is 7.09. The van der Waals surface area contributed by atoms with Crippen molar-refractivity contribution in [2.75, 3.05) is 39.3 Å². The van der Waals surface area contributed by atoms with Crippen LogP contribution in [-0.4, -0.2) is 56.2 Å². The maximum atomic E-state index is 13.1. The average molecular weight is 478 g/mol. The molecule has 0 aliphatic carbocycles. The number of piperidine rings is 1. The Kier molecular flexibility index (Phi) is 11.6. The van der Waals surface area contributed by atoms with Gasteiger partial charge in [0.1, 0.15) is 18.2 Å². The van der Waals surface area contributed by atoms with Gasteiger partial charge in [0.15, 0.2) is 5.96 Å². The number of halogens is 2. The third-order valence-corrected chi connectivity index (χ3v) is 4.24. The number of likely N-dealkylation sites (tertiary alicyclic amines) is 1. The molecule has 0 atom stereocenters. The van der Waals surface area contributed by atoms with E-state index >= 15 is 0 Å². The van der Waals surface area contributed by atoms with Crippen LogP contribution in [0.25, 0.3) is 0 Å². The monoisotopic (exact) mass is 478 g/mol. The Morgan fingerprint density at radius 1 is 1.31 bits per heavy atom. The van der Waals surface area contributed by atoms with E-state index in [4.69, 9.17) is 4.74 Å². The first kappa shape index (κ1) is 23.0. The molecule has 1 aromatic carbocycles. The normalized spacial score (nSPS) is 16.0. The van der Waals surface area contributed by atoms with E-state index in [9.17, 15) is 4.39 Å². The first-order valence-electron chi connectivity index (χ1n) is 9.36. The van der Waals surface area contributed by atoms with E-state index in [1.54, 1.807) is 12.1 Å². The van der Waals surface area contributed by atoms with Crippen LogP contribution in [0.3, 0.4) is 0 Å². The summed E-state index contributed by atoms with van der Waals surface area (Å²) < 4.78 is 18.6. The van der Waals surface area contributed by atoms with Crippen molar-refractivity contribution in [2.24, 2.45) is 4.99 Å². The highest BCUT2D eigenvalue weighted by Gasteiger charge is 2.19. The third-order valence-electron chi connectivity index (χ3n) is 4.24. The van der Waals surface area contributed by atoms with Crippen molar-refractivity contribution < 1.29 is 9.13 Å². The highest BCUT2D eigenvalue weighted by Crippen LogP contribution is 2.12. The first-order valence-corrected chi connectivity index (χ1v) is 9.36. The molecule has 0 unspecified atom stereocenters. The summed E-state index contributed by atoms with van der Waals surface area (Å²) in [6.45, 7) is 9.55. The smallest absolute Gasteiger partial charge is 0.191 e. The minimum atomic E-state index is -0.287. The van der Waals surface area contributed by atoms with Gasteiger partial charge in [-0.1, -0.05) is 13.0 Å². The van der Waals surface area contributed by atoms with E-state index in [1.807, 2.05) is 0 Å². The number of guanidine groups is 1. The van der Waals surface area contributed by atoms with Crippen LogP contribution in [0.15, 0.2) is 29.3 Å². The highest BCUT2D eigenvalue weighted by molar-refractivity contribution is 14.0. The van der Waals surface area contributed by atoms with E-state index in [-0.39, 0.29) is 29.8 Å². The Labute approximate surface area is 173 Å². The summed E-state index contributed by atoms with van der Waals surface area (Å²) in [5.41, 5.74) is 0. The molecule has 0 bridgehead atoms. The number of hydrogen-bond acceptors (Lipinski definition) is 3. The molecule has 7 heteroatoms. The van der Waals surface area contributed by atoms with E-state index in [1.165, 1.54) is 25.1 Å². The van der Waals surface area contributed by atoms with Crippen LogP contribution < -0.4 is 15.4 Å². The van der Waals surface area contributed by atoms with Crippen molar-refractivity contribution in [3.8, 4) is 5.75 Å². The Bertz CT molecular complexity index is 536. The molecule has 2 N–H and O–H groups in total. The Balaban J connectivity index is 0.00000338. The molecular weight excluding hydrogens is 446 g/mol. The number of nitrogens with one attached hydrogen (secondary N) is 2. The summed E-state index contributed by atoms with van der Waals surface area (Å²) in [7, 11) is 0. The predicted molar refractivity (Wildman–Crippen MR) is 116 cm³/mol. The third kappa shape index (κ3) is 8.53. The molecule has 1 aliphatic heterocycles. The molecule has 2 rings (SSSR count). The topological polar surface area (TPSA) is 48.9 Å². The van der Waals surface area contributed by atoms with Gasteiger partial charge in [0.2, 0.25) is 0 Å². The van der Waals surface area contributed by atoms with Crippen LogP contribution in [0, 0.1) is 5.82 Å². The fraction of sp³-hybridized carbons (Fsp3) is 0.632. The molecule has 0 spiro atoms. The zero-order chi connectivity index (χ0) is 17.9. The lowest BCUT2D eigenvalue weighted by molar-refractivity contribution is 0.206. The lowest BCUT2D eigenvalue weighted by Gasteiger charge is -2.32. The molecule has 5 nitrogen and oxygen atoms in total. The van der Waals surface area contributed by atoms with Crippen LogP contribution in [0.4, 0.5) is 4.39 Å². The van der Waals surface area contributed by atoms with Crippen molar-refractivity contribution in [3.05, 3.63) is 30.1 Å². The quantitative estimate of drug-likeness (QED) is 0.261.